The molecule has 0 saturated heterocycles. The first-order valence-electron chi connectivity index (χ1n) is 5.15. The molecule has 4 fully saturated rings. The molecule has 2 unspecified atom stereocenters. The van der Waals surface area contributed by atoms with Gasteiger partial charge in [-0.2, -0.15) is 12.6 Å². The fourth-order valence-corrected chi connectivity index (χ4v) is 5.25. The van der Waals surface area contributed by atoms with Gasteiger partial charge >= 0.3 is 0 Å². The number of hydrogen-bond acceptors (Lipinski definition) is 1. The maximum absolute atomic E-state index is 4.86. The van der Waals surface area contributed by atoms with E-state index < -0.39 is 0 Å². The SMILES string of the molecule is [NH3+]C12CC3CC(C1)CC(S)(C3)C2. The average Bonchev–Trinajstić information content (AvgIpc) is 1.75. The van der Waals surface area contributed by atoms with Crippen LogP contribution < -0.4 is 5.73 Å². The van der Waals surface area contributed by atoms with Crippen molar-refractivity contribution in [3.05, 3.63) is 0 Å². The van der Waals surface area contributed by atoms with Crippen molar-refractivity contribution in [3.63, 3.8) is 0 Å². The summed E-state index contributed by atoms with van der Waals surface area (Å²) in [5.41, 5.74) is 4.86. The molecule has 0 aromatic rings. The van der Waals surface area contributed by atoms with Crippen molar-refractivity contribution in [1.82, 2.24) is 0 Å². The molecule has 0 aromatic heterocycles. The predicted octanol–water partition coefficient (Wildman–Crippen LogP) is 1.25. The molecule has 4 aliphatic carbocycles. The Morgan fingerprint density at radius 1 is 1.08 bits per heavy atom. The van der Waals surface area contributed by atoms with Crippen LogP contribution in [-0.4, -0.2) is 10.3 Å². The topological polar surface area (TPSA) is 27.6 Å². The first-order chi connectivity index (χ1) is 5.57. The minimum atomic E-state index is 0.395. The second kappa shape index (κ2) is 2.03. The molecule has 4 saturated carbocycles. The highest BCUT2D eigenvalue weighted by molar-refractivity contribution is 7.81. The highest BCUT2D eigenvalue weighted by Crippen LogP contribution is 2.58. The van der Waals surface area contributed by atoms with Crippen molar-refractivity contribution in [1.29, 1.82) is 0 Å². The predicted molar refractivity (Wildman–Crippen MR) is 52.0 cm³/mol. The molecule has 0 heterocycles. The summed E-state index contributed by atoms with van der Waals surface area (Å²) in [5, 5.41) is 0. The van der Waals surface area contributed by atoms with Crippen LogP contribution in [0.2, 0.25) is 0 Å². The van der Waals surface area contributed by atoms with Crippen LogP contribution in [-0.2, 0) is 0 Å². The van der Waals surface area contributed by atoms with Crippen LogP contribution in [0.25, 0.3) is 0 Å². The molecule has 2 heteroatoms. The second-order valence-corrected chi connectivity index (χ2v) is 6.63. The third-order valence-corrected chi connectivity index (χ3v) is 4.67. The fourth-order valence-electron chi connectivity index (χ4n) is 4.40. The zero-order valence-electron chi connectivity index (χ0n) is 7.55. The summed E-state index contributed by atoms with van der Waals surface area (Å²) in [4.78, 5) is 0. The first-order valence-corrected chi connectivity index (χ1v) is 5.60. The lowest BCUT2D eigenvalue weighted by Gasteiger charge is -2.57. The Morgan fingerprint density at radius 3 is 2.08 bits per heavy atom. The highest BCUT2D eigenvalue weighted by atomic mass is 32.1. The minimum Gasteiger partial charge on any atom is -0.353 e. The standard InChI is InChI=1S/C10H17NS/c11-9-2-7-1-8(3-9)5-10(12,4-7)6-9/h7-8,12H,1-6,11H2/p+1. The van der Waals surface area contributed by atoms with Crippen molar-refractivity contribution in [2.24, 2.45) is 11.8 Å². The van der Waals surface area contributed by atoms with Crippen LogP contribution in [0.5, 0.6) is 0 Å². The molecule has 4 rings (SSSR count). The first kappa shape index (κ1) is 7.69. The van der Waals surface area contributed by atoms with Gasteiger partial charge in [0.05, 0.1) is 5.54 Å². The van der Waals surface area contributed by atoms with Gasteiger partial charge < -0.3 is 5.73 Å². The molecule has 0 aromatic carbocycles. The number of quaternary nitrogens is 1. The number of thiol groups is 1. The normalized spacial score (nSPS) is 62.5. The van der Waals surface area contributed by atoms with E-state index in [4.69, 9.17) is 12.6 Å². The summed E-state index contributed by atoms with van der Waals surface area (Å²) in [6, 6.07) is 0. The van der Waals surface area contributed by atoms with Gasteiger partial charge in [0.2, 0.25) is 0 Å². The highest BCUT2D eigenvalue weighted by Gasteiger charge is 2.56. The minimum absolute atomic E-state index is 0.395. The second-order valence-electron chi connectivity index (χ2n) is 5.69. The van der Waals surface area contributed by atoms with Gasteiger partial charge in [-0.05, 0) is 31.1 Å². The van der Waals surface area contributed by atoms with Crippen LogP contribution >= 0.6 is 12.6 Å². The van der Waals surface area contributed by atoms with Crippen molar-refractivity contribution in [3.8, 4) is 0 Å². The lowest BCUT2D eigenvalue weighted by molar-refractivity contribution is -0.502. The van der Waals surface area contributed by atoms with Crippen LogP contribution in [0.1, 0.15) is 38.5 Å². The summed E-state index contributed by atoms with van der Waals surface area (Å²) >= 11 is 4.86. The number of rotatable bonds is 0. The van der Waals surface area contributed by atoms with E-state index in [0.29, 0.717) is 10.3 Å². The van der Waals surface area contributed by atoms with E-state index in [2.05, 4.69) is 5.73 Å². The molecule has 0 spiro atoms. The lowest BCUT2D eigenvalue weighted by atomic mass is 9.53. The smallest absolute Gasteiger partial charge is 0.0964 e. The molecular formula is C10H18NS+. The van der Waals surface area contributed by atoms with E-state index in [9.17, 15) is 0 Å². The summed E-state index contributed by atoms with van der Waals surface area (Å²) in [6.45, 7) is 0. The molecule has 68 valence electrons. The Morgan fingerprint density at radius 2 is 1.67 bits per heavy atom. The quantitative estimate of drug-likeness (QED) is 0.530. The molecule has 0 amide bonds. The zero-order chi connectivity index (χ0) is 8.40. The Kier molecular flexibility index (Phi) is 1.30. The Balaban J connectivity index is 1.98. The summed E-state index contributed by atoms with van der Waals surface area (Å²) in [7, 11) is 0. The van der Waals surface area contributed by atoms with Crippen molar-refractivity contribution >= 4 is 12.6 Å². The van der Waals surface area contributed by atoms with E-state index in [1.807, 2.05) is 0 Å². The van der Waals surface area contributed by atoms with Crippen LogP contribution in [0.3, 0.4) is 0 Å². The largest absolute Gasteiger partial charge is 0.353 e. The zero-order valence-corrected chi connectivity index (χ0v) is 8.45. The van der Waals surface area contributed by atoms with Crippen molar-refractivity contribution in [2.45, 2.75) is 48.8 Å². The van der Waals surface area contributed by atoms with E-state index in [0.717, 1.165) is 11.8 Å². The maximum Gasteiger partial charge on any atom is 0.0964 e. The molecule has 12 heavy (non-hydrogen) atoms. The Hall–Kier alpha value is 0.310. The molecule has 0 radical (unpaired) electrons. The molecule has 4 aliphatic rings. The monoisotopic (exact) mass is 184 g/mol. The van der Waals surface area contributed by atoms with Gasteiger partial charge in [0.15, 0.2) is 0 Å². The van der Waals surface area contributed by atoms with Gasteiger partial charge in [-0.1, -0.05) is 0 Å². The van der Waals surface area contributed by atoms with Gasteiger partial charge in [0, 0.05) is 24.0 Å². The third kappa shape index (κ3) is 0.973. The van der Waals surface area contributed by atoms with Gasteiger partial charge in [-0.15, -0.1) is 0 Å². The van der Waals surface area contributed by atoms with E-state index in [1.54, 1.807) is 0 Å². The molecule has 3 N–H and O–H groups in total. The Labute approximate surface area is 79.5 Å². The Bertz CT molecular complexity index is 192. The van der Waals surface area contributed by atoms with Crippen LogP contribution in [0.4, 0.5) is 0 Å². The molecule has 2 atom stereocenters. The molecule has 1 nitrogen and oxygen atoms in total. The van der Waals surface area contributed by atoms with Crippen LogP contribution in [0.15, 0.2) is 0 Å². The van der Waals surface area contributed by atoms with E-state index in [1.165, 1.54) is 38.5 Å². The summed E-state index contributed by atoms with van der Waals surface area (Å²) < 4.78 is 0.395. The van der Waals surface area contributed by atoms with E-state index >= 15 is 0 Å². The maximum atomic E-state index is 4.86. The van der Waals surface area contributed by atoms with Gasteiger partial charge in [0.1, 0.15) is 0 Å². The fraction of sp³-hybridized carbons (Fsp3) is 1.00. The van der Waals surface area contributed by atoms with Crippen molar-refractivity contribution in [2.75, 3.05) is 0 Å². The third-order valence-electron chi connectivity index (χ3n) is 4.15. The molecule has 4 bridgehead atoms. The molecular weight excluding hydrogens is 166 g/mol. The summed E-state index contributed by atoms with van der Waals surface area (Å²) in [6.07, 6.45) is 8.32. The van der Waals surface area contributed by atoms with Gasteiger partial charge in [0.25, 0.3) is 0 Å². The van der Waals surface area contributed by atoms with Crippen molar-refractivity contribution < 1.29 is 5.73 Å². The van der Waals surface area contributed by atoms with E-state index in [-0.39, 0.29) is 0 Å². The average molecular weight is 184 g/mol. The van der Waals surface area contributed by atoms with Gasteiger partial charge in [-0.3, -0.25) is 0 Å². The molecule has 0 aliphatic heterocycles. The van der Waals surface area contributed by atoms with Crippen LogP contribution in [0, 0.1) is 11.8 Å². The summed E-state index contributed by atoms with van der Waals surface area (Å²) in [5.74, 6) is 1.95. The lowest BCUT2D eigenvalue weighted by Crippen LogP contribution is -2.79. The number of hydrogen-bond donors (Lipinski definition) is 2. The van der Waals surface area contributed by atoms with Gasteiger partial charge in [-0.25, -0.2) is 0 Å².